The van der Waals surface area contributed by atoms with Crippen LogP contribution in [-0.4, -0.2) is 16.3 Å². The van der Waals surface area contributed by atoms with Gasteiger partial charge in [0.15, 0.2) is 6.29 Å². The Morgan fingerprint density at radius 3 is 2.56 bits per heavy atom. The van der Waals surface area contributed by atoms with Gasteiger partial charge in [0, 0.05) is 4.88 Å². The van der Waals surface area contributed by atoms with Crippen LogP contribution in [0.2, 0.25) is 0 Å². The summed E-state index contributed by atoms with van der Waals surface area (Å²) >= 11 is 1.14. The minimum absolute atomic E-state index is 0.117. The molecule has 94 valence electrons. The van der Waals surface area contributed by atoms with Gasteiger partial charge in [0.05, 0.1) is 5.69 Å². The number of hydrogen-bond donors (Lipinski definition) is 0. The summed E-state index contributed by atoms with van der Waals surface area (Å²) in [5, 5.41) is 0.306. The van der Waals surface area contributed by atoms with E-state index >= 15 is 0 Å². The van der Waals surface area contributed by atoms with Crippen molar-refractivity contribution in [1.82, 2.24) is 9.97 Å². The maximum atomic E-state index is 12.5. The van der Waals surface area contributed by atoms with Crippen LogP contribution in [0.15, 0.2) is 18.2 Å². The zero-order valence-corrected chi connectivity index (χ0v) is 9.97. The minimum Gasteiger partial charge on any atom is -0.296 e. The van der Waals surface area contributed by atoms with Crippen molar-refractivity contribution in [2.24, 2.45) is 0 Å². The van der Waals surface area contributed by atoms with Crippen LogP contribution in [0.25, 0.3) is 10.7 Å². The van der Waals surface area contributed by atoms with Crippen LogP contribution in [0.4, 0.5) is 13.2 Å². The smallest absolute Gasteiger partial charge is 0.296 e. The summed E-state index contributed by atoms with van der Waals surface area (Å²) in [6.07, 6.45) is -3.92. The second kappa shape index (κ2) is 4.49. The predicted molar refractivity (Wildman–Crippen MR) is 60.5 cm³/mol. The average Bonchev–Trinajstić information content (AvgIpc) is 2.70. The Balaban J connectivity index is 2.47. The number of thiazole rings is 1. The van der Waals surface area contributed by atoms with Crippen molar-refractivity contribution >= 4 is 17.6 Å². The lowest BCUT2D eigenvalue weighted by Gasteiger charge is -2.05. The number of carbonyl (C=O) groups excluding carboxylic acids is 1. The fourth-order valence-electron chi connectivity index (χ4n) is 1.34. The van der Waals surface area contributed by atoms with Crippen LogP contribution < -0.4 is 0 Å². The zero-order chi connectivity index (χ0) is 13.3. The largest absolute Gasteiger partial charge is 0.433 e. The van der Waals surface area contributed by atoms with Gasteiger partial charge in [-0.3, -0.25) is 4.79 Å². The first kappa shape index (κ1) is 12.7. The number of aromatic nitrogens is 2. The Morgan fingerprint density at radius 1 is 1.28 bits per heavy atom. The van der Waals surface area contributed by atoms with Gasteiger partial charge in [-0.25, -0.2) is 9.97 Å². The quantitative estimate of drug-likeness (QED) is 0.787. The van der Waals surface area contributed by atoms with Crippen LogP contribution in [0.1, 0.15) is 21.1 Å². The lowest BCUT2D eigenvalue weighted by atomic mass is 10.3. The first-order valence-electron chi connectivity index (χ1n) is 4.89. The third kappa shape index (κ3) is 2.40. The Hall–Kier alpha value is -1.76. The third-order valence-electron chi connectivity index (χ3n) is 2.20. The van der Waals surface area contributed by atoms with Crippen molar-refractivity contribution in [3.05, 3.63) is 34.5 Å². The Morgan fingerprint density at radius 2 is 2.00 bits per heavy atom. The van der Waals surface area contributed by atoms with Crippen LogP contribution in [0, 0.1) is 6.92 Å². The standard InChI is InChI=1S/C11H7F3N2OS/c1-6-8(5-17)16-10(18-6)7-3-2-4-9(15-7)11(12,13)14/h2-5H,1H3. The SMILES string of the molecule is Cc1sc(-c2cccc(C(F)(F)F)n2)nc1C=O. The summed E-state index contributed by atoms with van der Waals surface area (Å²) in [6, 6.07) is 3.59. The molecule has 0 saturated carbocycles. The molecule has 0 aliphatic carbocycles. The highest BCUT2D eigenvalue weighted by Gasteiger charge is 2.32. The van der Waals surface area contributed by atoms with E-state index in [-0.39, 0.29) is 11.4 Å². The summed E-state index contributed by atoms with van der Waals surface area (Å²) in [5.74, 6) is 0. The normalized spacial score (nSPS) is 11.6. The summed E-state index contributed by atoms with van der Waals surface area (Å²) in [6.45, 7) is 1.68. The van der Waals surface area contributed by atoms with Gasteiger partial charge in [0.25, 0.3) is 0 Å². The second-order valence-corrected chi connectivity index (χ2v) is 4.69. The van der Waals surface area contributed by atoms with Crippen molar-refractivity contribution in [3.63, 3.8) is 0 Å². The van der Waals surface area contributed by atoms with Crippen LogP contribution >= 0.6 is 11.3 Å². The van der Waals surface area contributed by atoms with Crippen LogP contribution in [0.5, 0.6) is 0 Å². The lowest BCUT2D eigenvalue weighted by molar-refractivity contribution is -0.141. The first-order valence-corrected chi connectivity index (χ1v) is 5.70. The van der Waals surface area contributed by atoms with E-state index in [2.05, 4.69) is 9.97 Å². The van der Waals surface area contributed by atoms with Gasteiger partial charge >= 0.3 is 6.18 Å². The first-order chi connectivity index (χ1) is 8.41. The van der Waals surface area contributed by atoms with Crippen molar-refractivity contribution in [2.75, 3.05) is 0 Å². The molecule has 0 aromatic carbocycles. The Kier molecular flexibility index (Phi) is 3.16. The van der Waals surface area contributed by atoms with Crippen molar-refractivity contribution in [1.29, 1.82) is 0 Å². The number of rotatable bonds is 2. The molecule has 3 nitrogen and oxygen atoms in total. The van der Waals surface area contributed by atoms with Gasteiger partial charge in [0.2, 0.25) is 0 Å². The van der Waals surface area contributed by atoms with Gasteiger partial charge in [-0.1, -0.05) is 6.07 Å². The fraction of sp³-hybridized carbons (Fsp3) is 0.182. The highest BCUT2D eigenvalue weighted by Crippen LogP contribution is 2.31. The number of nitrogens with zero attached hydrogens (tertiary/aromatic N) is 2. The van der Waals surface area contributed by atoms with Crippen LogP contribution in [-0.2, 0) is 6.18 Å². The summed E-state index contributed by atoms with van der Waals surface area (Å²) in [4.78, 5) is 18.7. The van der Waals surface area contributed by atoms with Gasteiger partial charge in [0.1, 0.15) is 16.4 Å². The highest BCUT2D eigenvalue weighted by atomic mass is 32.1. The predicted octanol–water partition coefficient (Wildman–Crippen LogP) is 3.34. The van der Waals surface area contributed by atoms with Crippen molar-refractivity contribution < 1.29 is 18.0 Å². The number of halogens is 3. The highest BCUT2D eigenvalue weighted by molar-refractivity contribution is 7.15. The monoisotopic (exact) mass is 272 g/mol. The molecule has 0 amide bonds. The van der Waals surface area contributed by atoms with Crippen LogP contribution in [0.3, 0.4) is 0 Å². The lowest BCUT2D eigenvalue weighted by Crippen LogP contribution is -2.07. The maximum Gasteiger partial charge on any atom is 0.433 e. The molecule has 2 heterocycles. The average molecular weight is 272 g/mol. The fourth-order valence-corrected chi connectivity index (χ4v) is 2.19. The molecule has 2 aromatic rings. The molecule has 0 aliphatic rings. The molecule has 2 aromatic heterocycles. The summed E-state index contributed by atoms with van der Waals surface area (Å²) in [5.41, 5.74) is -0.624. The maximum absolute atomic E-state index is 12.5. The van der Waals surface area contributed by atoms with E-state index in [1.807, 2.05) is 0 Å². The molecule has 0 fully saturated rings. The van der Waals surface area contributed by atoms with Gasteiger partial charge in [-0.2, -0.15) is 13.2 Å². The molecular formula is C11H7F3N2OS. The number of pyridine rings is 1. The second-order valence-electron chi connectivity index (χ2n) is 3.48. The molecule has 0 aliphatic heterocycles. The number of alkyl halides is 3. The molecule has 0 spiro atoms. The molecule has 2 rings (SSSR count). The molecule has 0 radical (unpaired) electrons. The summed E-state index contributed by atoms with van der Waals surface area (Å²) < 4.78 is 37.5. The van der Waals surface area contributed by atoms with E-state index < -0.39 is 11.9 Å². The van der Waals surface area contributed by atoms with Crippen molar-refractivity contribution in [2.45, 2.75) is 13.1 Å². The van der Waals surface area contributed by atoms with E-state index in [4.69, 9.17) is 0 Å². The van der Waals surface area contributed by atoms with Gasteiger partial charge in [-0.15, -0.1) is 11.3 Å². The number of hydrogen-bond acceptors (Lipinski definition) is 4. The molecule has 0 bridgehead atoms. The zero-order valence-electron chi connectivity index (χ0n) is 9.15. The third-order valence-corrected chi connectivity index (χ3v) is 3.21. The number of aldehydes is 1. The van der Waals surface area contributed by atoms with E-state index in [9.17, 15) is 18.0 Å². The van der Waals surface area contributed by atoms with E-state index in [0.29, 0.717) is 16.2 Å². The topological polar surface area (TPSA) is 42.9 Å². The summed E-state index contributed by atoms with van der Waals surface area (Å²) in [7, 11) is 0. The number of aryl methyl sites for hydroxylation is 1. The molecule has 0 atom stereocenters. The van der Waals surface area contributed by atoms with E-state index in [1.54, 1.807) is 6.92 Å². The minimum atomic E-state index is -4.49. The molecular weight excluding hydrogens is 265 g/mol. The molecule has 0 unspecified atom stereocenters. The van der Waals surface area contributed by atoms with Gasteiger partial charge < -0.3 is 0 Å². The van der Waals surface area contributed by atoms with Crippen molar-refractivity contribution in [3.8, 4) is 10.7 Å². The number of carbonyl (C=O) groups is 1. The molecule has 0 saturated heterocycles. The van der Waals surface area contributed by atoms with Gasteiger partial charge in [-0.05, 0) is 19.1 Å². The molecule has 0 N–H and O–H groups in total. The van der Waals surface area contributed by atoms with E-state index in [1.165, 1.54) is 12.1 Å². The Labute approximate surface area is 104 Å². The molecule has 7 heteroatoms. The van der Waals surface area contributed by atoms with E-state index in [0.717, 1.165) is 17.4 Å². The Bertz CT molecular complexity index is 592. The molecule has 18 heavy (non-hydrogen) atoms.